The molecule has 8 bridgehead atoms. The summed E-state index contributed by atoms with van der Waals surface area (Å²) in [4.78, 5) is 13.9. The van der Waals surface area contributed by atoms with Crippen molar-refractivity contribution < 1.29 is 0 Å². The summed E-state index contributed by atoms with van der Waals surface area (Å²) in [6, 6.07) is 53.3. The zero-order chi connectivity index (χ0) is 31.9. The van der Waals surface area contributed by atoms with Crippen LogP contribution in [0.4, 0.5) is 0 Å². The minimum absolute atomic E-state index is 0. The summed E-state index contributed by atoms with van der Waals surface area (Å²) in [6.45, 7) is 0. The maximum absolute atomic E-state index is 5.29. The third kappa shape index (κ3) is 5.69. The fraction of sp³-hybridized carbons (Fsp3) is 0. The molecule has 0 amide bonds. The molecule has 0 spiro atoms. The Labute approximate surface area is 297 Å². The van der Waals surface area contributed by atoms with Gasteiger partial charge in [0.15, 0.2) is 0 Å². The molecule has 0 atom stereocenters. The van der Waals surface area contributed by atoms with E-state index in [1.807, 2.05) is 0 Å². The molecule has 0 unspecified atom stereocenters. The van der Waals surface area contributed by atoms with E-state index in [-0.39, 0.29) is 19.8 Å². The van der Waals surface area contributed by atoms with Gasteiger partial charge in [0.1, 0.15) is 0 Å². The fourth-order valence-electron chi connectivity index (χ4n) is 6.81. The summed E-state index contributed by atoms with van der Waals surface area (Å²) >= 11 is 0. The Kier molecular flexibility index (Phi) is 8.05. The number of hydrogen-bond acceptors (Lipinski definition) is 2. The Balaban J connectivity index is 0.00000348. The second-order valence-corrected chi connectivity index (χ2v) is 12.0. The quantitative estimate of drug-likeness (QED) is 0.188. The largest absolute Gasteiger partial charge is 0.355 e. The van der Waals surface area contributed by atoms with Gasteiger partial charge in [-0.2, -0.15) is 0 Å². The number of hydrogen-bond donors (Lipinski definition) is 1. The normalized spacial score (nSPS) is 11.8. The van der Waals surface area contributed by atoms with Gasteiger partial charge in [0, 0.05) is 53.2 Å². The van der Waals surface area contributed by atoms with Crippen molar-refractivity contribution in [1.29, 1.82) is 0 Å². The number of para-hydroxylation sites is 1. The van der Waals surface area contributed by atoms with Gasteiger partial charge in [-0.05, 0) is 83.5 Å². The molecule has 3 aromatic heterocycles. The molecule has 4 nitrogen and oxygen atoms in total. The van der Waals surface area contributed by atoms with E-state index in [9.17, 15) is 0 Å². The van der Waals surface area contributed by atoms with Gasteiger partial charge in [0.25, 0.3) is 0 Å². The monoisotopic (exact) mass is 683 g/mol. The van der Waals surface area contributed by atoms with Crippen LogP contribution in [0.15, 0.2) is 152 Å². The maximum Gasteiger partial charge on any atom is 0.0737 e. The minimum Gasteiger partial charge on any atom is -0.355 e. The van der Waals surface area contributed by atoms with E-state index in [0.717, 1.165) is 83.9 Å². The second-order valence-electron chi connectivity index (χ2n) is 12.0. The first-order valence-electron chi connectivity index (χ1n) is 16.2. The maximum atomic E-state index is 5.29. The molecule has 5 heteroatoms. The van der Waals surface area contributed by atoms with Gasteiger partial charge >= 0.3 is 0 Å². The zero-order valence-corrected chi connectivity index (χ0v) is 29.1. The summed E-state index contributed by atoms with van der Waals surface area (Å²) in [5, 5.41) is 0. The first kappa shape index (κ1) is 30.4. The van der Waals surface area contributed by atoms with E-state index >= 15 is 0 Å². The van der Waals surface area contributed by atoms with E-state index in [4.69, 9.17) is 9.97 Å². The van der Waals surface area contributed by atoms with E-state index in [1.165, 1.54) is 0 Å². The molecule has 0 saturated carbocycles. The molecular weight excluding hydrogens is 654 g/mol. The third-order valence-corrected chi connectivity index (χ3v) is 8.87. The Morgan fingerprint density at radius 3 is 1.49 bits per heavy atom. The molecule has 2 aliphatic rings. The summed E-state index contributed by atoms with van der Waals surface area (Å²) in [6.07, 6.45) is 8.44. The number of aromatic amines is 1. The van der Waals surface area contributed by atoms with Crippen molar-refractivity contribution in [2.75, 3.05) is 0 Å². The Morgan fingerprint density at radius 1 is 0.429 bits per heavy atom. The van der Waals surface area contributed by atoms with Crippen molar-refractivity contribution in [3.63, 3.8) is 0 Å². The number of nitrogens with one attached hydrogen (secondary N) is 1. The standard InChI is InChI=1S/C44H30N4.Ga/c1-5-13-30(14-6-1)41-39-26-25-36(47-39)28-35-22-21-33(45-35)27-34-23-24-37(46-34)29-40-42(31-15-7-2-8-16-31)43(32-17-9-3-10-18-32)44(41)48(40)38-19-11-4-12-20-38;/h1-29,45H;. The van der Waals surface area contributed by atoms with Crippen molar-refractivity contribution >= 4 is 66.2 Å². The van der Waals surface area contributed by atoms with Crippen LogP contribution in [0, 0.1) is 0 Å². The summed E-state index contributed by atoms with van der Waals surface area (Å²) in [5.74, 6) is 0. The van der Waals surface area contributed by atoms with Crippen LogP contribution in [-0.2, 0) is 0 Å². The molecule has 0 saturated heterocycles. The molecule has 9 rings (SSSR count). The molecule has 2 aliphatic heterocycles. The number of benzene rings is 4. The Hall–Kier alpha value is -5.88. The molecule has 4 aromatic carbocycles. The fourth-order valence-corrected chi connectivity index (χ4v) is 6.81. The smallest absolute Gasteiger partial charge is 0.0737 e. The van der Waals surface area contributed by atoms with E-state index in [0.29, 0.717) is 0 Å². The first-order chi connectivity index (χ1) is 23.8. The van der Waals surface area contributed by atoms with Gasteiger partial charge in [-0.3, -0.25) is 0 Å². The van der Waals surface area contributed by atoms with Crippen LogP contribution in [0.25, 0.3) is 85.4 Å². The Morgan fingerprint density at radius 2 is 0.898 bits per heavy atom. The van der Waals surface area contributed by atoms with Gasteiger partial charge < -0.3 is 9.55 Å². The second kappa shape index (κ2) is 13.0. The summed E-state index contributed by atoms with van der Waals surface area (Å²) < 4.78 is 2.41. The van der Waals surface area contributed by atoms with Crippen LogP contribution in [0.1, 0.15) is 22.8 Å². The number of rotatable bonds is 4. The van der Waals surface area contributed by atoms with E-state index < -0.39 is 0 Å². The number of nitrogens with zero attached hydrogens (tertiary/aromatic N) is 3. The third-order valence-electron chi connectivity index (χ3n) is 8.87. The first-order valence-corrected chi connectivity index (χ1v) is 16.2. The van der Waals surface area contributed by atoms with Crippen LogP contribution in [0.3, 0.4) is 0 Å². The average molecular weight is 684 g/mol. The van der Waals surface area contributed by atoms with E-state index in [1.54, 1.807) is 0 Å². The SMILES string of the molecule is C1=Cc2cc3c(-c4ccccc4)c(-c4ccccc4)c(c(-c4ccccc4)c4nc(cc5ccc(cc1n2)[nH]5)C=C4)n3-c1ccccc1.[Ga]. The topological polar surface area (TPSA) is 46.5 Å². The summed E-state index contributed by atoms with van der Waals surface area (Å²) in [5.41, 5.74) is 15.4. The van der Waals surface area contributed by atoms with Crippen LogP contribution >= 0.6 is 0 Å². The van der Waals surface area contributed by atoms with Gasteiger partial charge in [0.2, 0.25) is 0 Å². The van der Waals surface area contributed by atoms with Crippen LogP contribution in [-0.4, -0.2) is 39.3 Å². The van der Waals surface area contributed by atoms with Crippen LogP contribution < -0.4 is 0 Å². The Bertz CT molecular complexity index is 2530. The number of fused-ring (bicyclic) bond motifs is 8. The number of H-pyrrole nitrogens is 1. The molecule has 1 N–H and O–H groups in total. The molecule has 0 fully saturated rings. The average Bonchev–Trinajstić information content (AvgIpc) is 3.95. The van der Waals surface area contributed by atoms with Crippen molar-refractivity contribution in [3.05, 3.63) is 174 Å². The van der Waals surface area contributed by atoms with Crippen molar-refractivity contribution in [2.24, 2.45) is 0 Å². The molecule has 5 heterocycles. The number of aromatic nitrogens is 4. The molecule has 49 heavy (non-hydrogen) atoms. The van der Waals surface area contributed by atoms with E-state index in [2.05, 4.69) is 186 Å². The zero-order valence-electron chi connectivity index (χ0n) is 26.7. The predicted octanol–water partition coefficient (Wildman–Crippen LogP) is 10.7. The molecular formula is C44H30GaN4. The molecule has 0 aliphatic carbocycles. The van der Waals surface area contributed by atoms with Crippen LogP contribution in [0.5, 0.6) is 0 Å². The van der Waals surface area contributed by atoms with Crippen molar-refractivity contribution in [2.45, 2.75) is 0 Å². The molecule has 7 aromatic rings. The van der Waals surface area contributed by atoms with Crippen molar-refractivity contribution in [3.8, 4) is 39.1 Å². The van der Waals surface area contributed by atoms with Gasteiger partial charge in [-0.1, -0.05) is 109 Å². The molecule has 3 radical (unpaired) electrons. The molecule has 229 valence electrons. The van der Waals surface area contributed by atoms with Gasteiger partial charge in [-0.15, -0.1) is 0 Å². The van der Waals surface area contributed by atoms with Gasteiger partial charge in [-0.25, -0.2) is 9.97 Å². The van der Waals surface area contributed by atoms with Crippen LogP contribution in [0.2, 0.25) is 0 Å². The minimum atomic E-state index is 0. The van der Waals surface area contributed by atoms with Gasteiger partial charge in [0.05, 0.1) is 33.8 Å². The predicted molar refractivity (Wildman–Crippen MR) is 206 cm³/mol. The summed E-state index contributed by atoms with van der Waals surface area (Å²) in [7, 11) is 0. The van der Waals surface area contributed by atoms with Crippen molar-refractivity contribution in [1.82, 2.24) is 19.5 Å².